The minimum atomic E-state index is 0.230. The maximum atomic E-state index is 11.8. The van der Waals surface area contributed by atoms with Gasteiger partial charge in [0.25, 0.3) is 0 Å². The maximum absolute atomic E-state index is 11.8. The second kappa shape index (κ2) is 19.1. The van der Waals surface area contributed by atoms with Crippen LogP contribution in [-0.4, -0.2) is 51.7 Å². The highest BCUT2D eigenvalue weighted by Gasteiger charge is 2.00. The molecule has 0 spiro atoms. The van der Waals surface area contributed by atoms with Crippen molar-refractivity contribution >= 4 is 5.91 Å². The van der Waals surface area contributed by atoms with E-state index in [1.54, 1.807) is 0 Å². The number of nitrogens with one attached hydrogen (secondary N) is 4. The van der Waals surface area contributed by atoms with Gasteiger partial charge in [-0.1, -0.05) is 44.9 Å². The van der Waals surface area contributed by atoms with Crippen molar-refractivity contribution in [2.75, 3.05) is 45.8 Å². The second-order valence-corrected chi connectivity index (χ2v) is 7.59. The van der Waals surface area contributed by atoms with Gasteiger partial charge in [-0.3, -0.25) is 4.79 Å². The molecule has 5 heteroatoms. The van der Waals surface area contributed by atoms with Gasteiger partial charge in [-0.25, -0.2) is 0 Å². The summed E-state index contributed by atoms with van der Waals surface area (Å²) in [6.07, 6.45) is 15.7. The van der Waals surface area contributed by atoms with Crippen molar-refractivity contribution in [2.45, 2.75) is 83.5 Å². The van der Waals surface area contributed by atoms with Crippen LogP contribution in [-0.2, 0) is 4.79 Å². The van der Waals surface area contributed by atoms with E-state index in [0.29, 0.717) is 6.42 Å². The smallest absolute Gasteiger partial charge is 0.219 e. The first-order valence-corrected chi connectivity index (χ1v) is 11.3. The summed E-state index contributed by atoms with van der Waals surface area (Å²) in [5.74, 6) is 0.230. The van der Waals surface area contributed by atoms with Crippen LogP contribution in [0.15, 0.2) is 0 Å². The molecule has 0 unspecified atom stereocenters. The molecule has 5 nitrogen and oxygen atoms in total. The lowest BCUT2D eigenvalue weighted by atomic mass is 10.1. The van der Waals surface area contributed by atoms with E-state index in [0.717, 1.165) is 52.1 Å². The summed E-state index contributed by atoms with van der Waals surface area (Å²) in [5, 5.41) is 13.6. The van der Waals surface area contributed by atoms with Gasteiger partial charge < -0.3 is 21.3 Å². The van der Waals surface area contributed by atoms with E-state index in [1.165, 1.54) is 70.8 Å². The number of rotatable bonds is 0. The minimum absolute atomic E-state index is 0.230. The quantitative estimate of drug-likeness (QED) is 0.531. The molecule has 1 rings (SSSR count). The SMILES string of the molecule is O=C1CCCCCCCCCCCNCCCNCCCNCCCN1. The van der Waals surface area contributed by atoms with E-state index in [1.807, 2.05) is 0 Å². The molecule has 1 fully saturated rings. The minimum Gasteiger partial charge on any atom is -0.356 e. The Hall–Kier alpha value is -0.650. The lowest BCUT2D eigenvalue weighted by Gasteiger charge is -2.08. The van der Waals surface area contributed by atoms with E-state index in [-0.39, 0.29) is 5.91 Å². The molecule has 0 aliphatic carbocycles. The molecule has 0 radical (unpaired) electrons. The van der Waals surface area contributed by atoms with Crippen molar-refractivity contribution in [3.8, 4) is 0 Å². The first-order valence-electron chi connectivity index (χ1n) is 11.3. The van der Waals surface area contributed by atoms with Gasteiger partial charge in [0.15, 0.2) is 0 Å². The normalized spacial score (nSPS) is 23.3. The predicted molar refractivity (Wildman–Crippen MR) is 112 cm³/mol. The summed E-state index contributed by atoms with van der Waals surface area (Å²) in [4.78, 5) is 11.8. The Kier molecular flexibility index (Phi) is 17.2. The molecular weight excluding hydrogens is 324 g/mol. The van der Waals surface area contributed by atoms with E-state index in [4.69, 9.17) is 0 Å². The van der Waals surface area contributed by atoms with Gasteiger partial charge in [-0.2, -0.15) is 0 Å². The predicted octanol–water partition coefficient (Wildman–Crippen LogP) is 2.96. The molecule has 4 N–H and O–H groups in total. The van der Waals surface area contributed by atoms with E-state index < -0.39 is 0 Å². The summed E-state index contributed by atoms with van der Waals surface area (Å²) >= 11 is 0. The molecule has 1 heterocycles. The Balaban J connectivity index is 2.08. The number of carbonyl (C=O) groups is 1. The lowest BCUT2D eigenvalue weighted by Crippen LogP contribution is -2.28. The highest BCUT2D eigenvalue weighted by atomic mass is 16.1. The summed E-state index contributed by atoms with van der Waals surface area (Å²) < 4.78 is 0. The molecule has 154 valence electrons. The maximum Gasteiger partial charge on any atom is 0.219 e. The highest BCUT2D eigenvalue weighted by molar-refractivity contribution is 5.75. The van der Waals surface area contributed by atoms with Crippen LogP contribution in [0, 0.1) is 0 Å². The molecule has 0 aromatic rings. The first-order chi connectivity index (χ1) is 12.9. The van der Waals surface area contributed by atoms with Gasteiger partial charge in [0, 0.05) is 13.0 Å². The van der Waals surface area contributed by atoms with Gasteiger partial charge in [0.05, 0.1) is 0 Å². The van der Waals surface area contributed by atoms with Crippen LogP contribution >= 0.6 is 0 Å². The third kappa shape index (κ3) is 16.8. The van der Waals surface area contributed by atoms with E-state index in [2.05, 4.69) is 21.3 Å². The fourth-order valence-electron chi connectivity index (χ4n) is 3.35. The van der Waals surface area contributed by atoms with Crippen molar-refractivity contribution in [3.05, 3.63) is 0 Å². The molecule has 0 aromatic carbocycles. The van der Waals surface area contributed by atoms with Gasteiger partial charge in [0.1, 0.15) is 0 Å². The zero-order valence-electron chi connectivity index (χ0n) is 17.1. The van der Waals surface area contributed by atoms with Crippen LogP contribution in [0.3, 0.4) is 0 Å². The molecule has 26 heavy (non-hydrogen) atoms. The van der Waals surface area contributed by atoms with Crippen molar-refractivity contribution in [2.24, 2.45) is 0 Å². The summed E-state index contributed by atoms with van der Waals surface area (Å²) in [7, 11) is 0. The van der Waals surface area contributed by atoms with Crippen LogP contribution in [0.25, 0.3) is 0 Å². The summed E-state index contributed by atoms with van der Waals surface area (Å²) in [6, 6.07) is 0. The first kappa shape index (κ1) is 23.4. The Labute approximate surface area is 161 Å². The van der Waals surface area contributed by atoms with Crippen molar-refractivity contribution < 1.29 is 4.79 Å². The largest absolute Gasteiger partial charge is 0.356 e. The zero-order valence-corrected chi connectivity index (χ0v) is 17.1. The highest BCUT2D eigenvalue weighted by Crippen LogP contribution is 2.10. The van der Waals surface area contributed by atoms with E-state index >= 15 is 0 Å². The van der Waals surface area contributed by atoms with Crippen LogP contribution in [0.1, 0.15) is 83.5 Å². The molecule has 1 amide bonds. The molecule has 0 bridgehead atoms. The van der Waals surface area contributed by atoms with Gasteiger partial charge >= 0.3 is 0 Å². The number of amides is 1. The van der Waals surface area contributed by atoms with Gasteiger partial charge in [-0.05, 0) is 71.4 Å². The van der Waals surface area contributed by atoms with Crippen molar-refractivity contribution in [1.29, 1.82) is 0 Å². The van der Waals surface area contributed by atoms with Crippen molar-refractivity contribution in [3.63, 3.8) is 0 Å². The third-order valence-electron chi connectivity index (χ3n) is 5.02. The Morgan fingerprint density at radius 3 is 1.35 bits per heavy atom. The topological polar surface area (TPSA) is 65.2 Å². The van der Waals surface area contributed by atoms with Crippen molar-refractivity contribution in [1.82, 2.24) is 21.3 Å². The standard InChI is InChI=1S/C21H44N4O/c26-21-13-8-6-4-2-1-3-5-7-9-14-22-15-10-16-23-17-11-18-24-19-12-20-25-21/h22-24H,1-20H2,(H,25,26). The molecule has 1 aliphatic rings. The van der Waals surface area contributed by atoms with E-state index in [9.17, 15) is 4.79 Å². The van der Waals surface area contributed by atoms with Crippen LogP contribution < -0.4 is 21.3 Å². The Morgan fingerprint density at radius 2 is 0.808 bits per heavy atom. The number of hydrogen-bond donors (Lipinski definition) is 4. The van der Waals surface area contributed by atoms with Crippen LogP contribution in [0.2, 0.25) is 0 Å². The van der Waals surface area contributed by atoms with Crippen LogP contribution in [0.4, 0.5) is 0 Å². The molecule has 1 aliphatic heterocycles. The monoisotopic (exact) mass is 368 g/mol. The summed E-state index contributed by atoms with van der Waals surface area (Å²) in [5.41, 5.74) is 0. The molecule has 0 aromatic heterocycles. The fourth-order valence-corrected chi connectivity index (χ4v) is 3.35. The van der Waals surface area contributed by atoms with Gasteiger partial charge in [0.2, 0.25) is 5.91 Å². The average molecular weight is 369 g/mol. The molecular formula is C21H44N4O. The third-order valence-corrected chi connectivity index (χ3v) is 5.02. The lowest BCUT2D eigenvalue weighted by molar-refractivity contribution is -0.121. The van der Waals surface area contributed by atoms with Gasteiger partial charge in [-0.15, -0.1) is 0 Å². The second-order valence-electron chi connectivity index (χ2n) is 7.59. The molecule has 0 saturated carbocycles. The number of carbonyl (C=O) groups excluding carboxylic acids is 1. The molecule has 0 atom stereocenters. The fraction of sp³-hybridized carbons (Fsp3) is 0.952. The zero-order chi connectivity index (χ0) is 18.5. The average Bonchev–Trinajstić information content (AvgIpc) is 2.64. The molecule has 1 saturated heterocycles. The number of hydrogen-bond acceptors (Lipinski definition) is 4. The Morgan fingerprint density at radius 1 is 0.423 bits per heavy atom. The van der Waals surface area contributed by atoms with Crippen LogP contribution in [0.5, 0.6) is 0 Å². The Bertz CT molecular complexity index is 284. The summed E-state index contributed by atoms with van der Waals surface area (Å²) in [6.45, 7) is 7.35.